The minimum Gasteiger partial charge on any atom is -0.478 e. The van der Waals surface area contributed by atoms with Crippen molar-refractivity contribution >= 4 is 27.6 Å². The minimum absolute atomic E-state index is 0.0444. The Bertz CT molecular complexity index is 1330. The molecule has 2 unspecified atom stereocenters. The third-order valence-electron chi connectivity index (χ3n) is 5.93. The molecule has 33 heavy (non-hydrogen) atoms. The lowest BCUT2D eigenvalue weighted by Crippen LogP contribution is -2.42. The molecule has 7 heteroatoms. The first-order chi connectivity index (χ1) is 15.7. The van der Waals surface area contributed by atoms with Gasteiger partial charge in [0.2, 0.25) is 10.0 Å². The molecule has 0 bridgehead atoms. The van der Waals surface area contributed by atoms with Crippen LogP contribution in [0.2, 0.25) is 5.02 Å². The summed E-state index contributed by atoms with van der Waals surface area (Å²) in [5, 5.41) is 10.6. The van der Waals surface area contributed by atoms with Crippen LogP contribution in [0.25, 0.3) is 0 Å². The van der Waals surface area contributed by atoms with Gasteiger partial charge in [-0.05, 0) is 55.2 Å². The average Bonchev–Trinajstić information content (AvgIpc) is 2.78. The van der Waals surface area contributed by atoms with Crippen molar-refractivity contribution in [2.45, 2.75) is 37.2 Å². The predicted octanol–water partition coefficient (Wildman–Crippen LogP) is 5.84. The summed E-state index contributed by atoms with van der Waals surface area (Å²) in [5.74, 6) is -1.14. The van der Waals surface area contributed by atoms with Gasteiger partial charge in [0.25, 0.3) is 0 Å². The van der Waals surface area contributed by atoms with Gasteiger partial charge in [0.15, 0.2) is 0 Å². The molecule has 2 atom stereocenters. The lowest BCUT2D eigenvalue weighted by Gasteiger charge is -2.41. The number of sulfonamides is 1. The van der Waals surface area contributed by atoms with Crippen LogP contribution in [0.5, 0.6) is 0 Å². The van der Waals surface area contributed by atoms with Crippen LogP contribution in [0.4, 0.5) is 0 Å². The highest BCUT2D eigenvalue weighted by Crippen LogP contribution is 2.46. The Kier molecular flexibility index (Phi) is 6.43. The number of hydrogen-bond acceptors (Lipinski definition) is 3. The lowest BCUT2D eigenvalue weighted by atomic mass is 9.89. The van der Waals surface area contributed by atoms with Gasteiger partial charge in [-0.1, -0.05) is 77.8 Å². The molecule has 1 aliphatic rings. The van der Waals surface area contributed by atoms with Crippen molar-refractivity contribution in [2.24, 2.45) is 0 Å². The van der Waals surface area contributed by atoms with Crippen LogP contribution in [-0.4, -0.2) is 23.8 Å². The predicted molar refractivity (Wildman–Crippen MR) is 129 cm³/mol. The van der Waals surface area contributed by atoms with Crippen LogP contribution in [0, 0.1) is 13.8 Å². The third kappa shape index (κ3) is 4.47. The molecule has 0 saturated heterocycles. The topological polar surface area (TPSA) is 74.7 Å². The van der Waals surface area contributed by atoms with Crippen molar-refractivity contribution in [3.8, 4) is 0 Å². The van der Waals surface area contributed by atoms with E-state index in [1.54, 1.807) is 67.6 Å². The van der Waals surface area contributed by atoms with Crippen LogP contribution in [0.1, 0.15) is 40.8 Å². The molecule has 1 heterocycles. The molecule has 1 aliphatic heterocycles. The summed E-state index contributed by atoms with van der Waals surface area (Å²) in [6, 6.07) is 19.5. The summed E-state index contributed by atoms with van der Waals surface area (Å²) >= 11 is 6.08. The number of carboxylic acids is 1. The standard InChI is InChI=1S/C26H24ClNO4S/c1-17-6-5-8-20(16-17)25-22(26(29)30)14-15-23(19-10-12-21(27)13-11-19)28(25)33(31,32)24-9-4-3-7-18(24)2/h3-14,16,23,25H,15H2,1-2H3,(H,29,30). The van der Waals surface area contributed by atoms with E-state index in [0.717, 1.165) is 11.1 Å². The molecule has 0 saturated carbocycles. The van der Waals surface area contributed by atoms with Gasteiger partial charge in [0.05, 0.1) is 22.6 Å². The van der Waals surface area contributed by atoms with Gasteiger partial charge in [-0.3, -0.25) is 0 Å². The largest absolute Gasteiger partial charge is 0.478 e. The molecular formula is C26H24ClNO4S. The zero-order valence-corrected chi connectivity index (χ0v) is 19.8. The molecule has 3 aromatic rings. The number of carboxylic acid groups (broad SMARTS) is 1. The average molecular weight is 482 g/mol. The minimum atomic E-state index is -4.08. The van der Waals surface area contributed by atoms with Crippen LogP contribution in [-0.2, 0) is 14.8 Å². The molecule has 0 fully saturated rings. The zero-order valence-electron chi connectivity index (χ0n) is 18.3. The fourth-order valence-corrected chi connectivity index (χ4v) is 6.51. The van der Waals surface area contributed by atoms with E-state index >= 15 is 0 Å². The second kappa shape index (κ2) is 9.14. The van der Waals surface area contributed by atoms with Crippen LogP contribution >= 0.6 is 11.6 Å². The van der Waals surface area contributed by atoms with E-state index in [1.807, 2.05) is 25.1 Å². The molecule has 0 aromatic heterocycles. The van der Waals surface area contributed by atoms with Gasteiger partial charge < -0.3 is 5.11 Å². The number of hydrogen-bond donors (Lipinski definition) is 1. The van der Waals surface area contributed by atoms with Gasteiger partial charge in [0, 0.05) is 5.02 Å². The fourth-order valence-electron chi connectivity index (χ4n) is 4.38. The van der Waals surface area contributed by atoms with E-state index in [2.05, 4.69) is 0 Å². The van der Waals surface area contributed by atoms with Gasteiger partial charge in [-0.25, -0.2) is 13.2 Å². The molecule has 1 N–H and O–H groups in total. The van der Waals surface area contributed by atoms with Gasteiger partial charge in [-0.2, -0.15) is 4.31 Å². The smallest absolute Gasteiger partial charge is 0.333 e. The number of halogens is 1. The van der Waals surface area contributed by atoms with Gasteiger partial charge in [0.1, 0.15) is 0 Å². The Hall–Kier alpha value is -2.93. The molecule has 0 radical (unpaired) electrons. The summed E-state index contributed by atoms with van der Waals surface area (Å²) in [6.07, 6.45) is 1.87. The van der Waals surface area contributed by atoms with Crippen LogP contribution in [0.3, 0.4) is 0 Å². The van der Waals surface area contributed by atoms with Crippen molar-refractivity contribution in [2.75, 3.05) is 0 Å². The van der Waals surface area contributed by atoms with Crippen molar-refractivity contribution in [3.63, 3.8) is 0 Å². The lowest BCUT2D eigenvalue weighted by molar-refractivity contribution is -0.133. The number of benzene rings is 3. The number of nitrogens with zero attached hydrogens (tertiary/aromatic N) is 1. The van der Waals surface area contributed by atoms with E-state index in [9.17, 15) is 18.3 Å². The maximum Gasteiger partial charge on any atom is 0.333 e. The fraction of sp³-hybridized carbons (Fsp3) is 0.192. The quantitative estimate of drug-likeness (QED) is 0.496. The van der Waals surface area contributed by atoms with Gasteiger partial charge in [-0.15, -0.1) is 0 Å². The summed E-state index contributed by atoms with van der Waals surface area (Å²) in [4.78, 5) is 12.4. The Labute approximate surface area is 199 Å². The van der Waals surface area contributed by atoms with E-state index in [1.165, 1.54) is 4.31 Å². The summed E-state index contributed by atoms with van der Waals surface area (Å²) in [5.41, 5.74) is 2.92. The summed E-state index contributed by atoms with van der Waals surface area (Å²) < 4.78 is 29.7. The van der Waals surface area contributed by atoms with Crippen LogP contribution in [0.15, 0.2) is 89.3 Å². The second-order valence-corrected chi connectivity index (χ2v) is 10.4. The highest BCUT2D eigenvalue weighted by Gasteiger charge is 2.44. The Morgan fingerprint density at radius 2 is 1.67 bits per heavy atom. The molecule has 5 nitrogen and oxygen atoms in total. The SMILES string of the molecule is Cc1cccc(C2C(C(=O)O)=CCC(c3ccc(Cl)cc3)N2S(=O)(=O)c2ccccc2C)c1. The molecule has 3 aromatic carbocycles. The molecule has 170 valence electrons. The maximum absolute atomic E-state index is 14.2. The first-order valence-corrected chi connectivity index (χ1v) is 12.4. The molecule has 4 rings (SSSR count). The van der Waals surface area contributed by atoms with E-state index in [4.69, 9.17) is 11.6 Å². The molecular weight excluding hydrogens is 458 g/mol. The first kappa shape index (κ1) is 23.2. The zero-order chi connectivity index (χ0) is 23.8. The highest BCUT2D eigenvalue weighted by atomic mass is 35.5. The van der Waals surface area contributed by atoms with Crippen LogP contribution < -0.4 is 0 Å². The van der Waals surface area contributed by atoms with Crippen molar-refractivity contribution in [1.82, 2.24) is 4.31 Å². The van der Waals surface area contributed by atoms with Gasteiger partial charge >= 0.3 is 5.97 Å². The number of carbonyl (C=O) groups is 1. The number of rotatable bonds is 5. The van der Waals surface area contributed by atoms with Crippen molar-refractivity contribution in [3.05, 3.63) is 112 Å². The highest BCUT2D eigenvalue weighted by molar-refractivity contribution is 7.89. The Balaban J connectivity index is 2.00. The van der Waals surface area contributed by atoms with E-state index < -0.39 is 28.1 Å². The van der Waals surface area contributed by atoms with E-state index in [0.29, 0.717) is 16.1 Å². The number of aryl methyl sites for hydroxylation is 2. The third-order valence-corrected chi connectivity index (χ3v) is 8.21. The van der Waals surface area contributed by atoms with Crippen molar-refractivity contribution < 1.29 is 18.3 Å². The monoisotopic (exact) mass is 481 g/mol. The first-order valence-electron chi connectivity index (χ1n) is 10.5. The molecule has 0 amide bonds. The summed E-state index contributed by atoms with van der Waals surface area (Å²) in [7, 11) is -4.08. The normalized spacial score (nSPS) is 19.2. The molecule has 0 aliphatic carbocycles. The maximum atomic E-state index is 14.2. The molecule has 0 spiro atoms. The number of aliphatic carboxylic acids is 1. The Morgan fingerprint density at radius 3 is 2.30 bits per heavy atom. The second-order valence-electron chi connectivity index (χ2n) is 8.18. The van der Waals surface area contributed by atoms with Crippen molar-refractivity contribution in [1.29, 1.82) is 0 Å². The Morgan fingerprint density at radius 1 is 0.970 bits per heavy atom. The summed E-state index contributed by atoms with van der Waals surface area (Å²) in [6.45, 7) is 3.64. The van der Waals surface area contributed by atoms with E-state index in [-0.39, 0.29) is 16.9 Å².